The summed E-state index contributed by atoms with van der Waals surface area (Å²) in [5, 5.41) is 0.747. The molecule has 1 unspecified atom stereocenters. The van der Waals surface area contributed by atoms with Crippen LogP contribution in [0.5, 0.6) is 0 Å². The molecule has 2 rings (SSSR count). The highest BCUT2D eigenvalue weighted by molar-refractivity contribution is 6.31. The molecular formula is C17H26ClN3. The molecule has 0 fully saturated rings. The van der Waals surface area contributed by atoms with Gasteiger partial charge in [0.05, 0.1) is 11.0 Å². The Morgan fingerprint density at radius 3 is 2.67 bits per heavy atom. The summed E-state index contributed by atoms with van der Waals surface area (Å²) in [4.78, 5) is 4.81. The number of imidazole rings is 1. The molecule has 0 saturated heterocycles. The maximum Gasteiger partial charge on any atom is 0.110 e. The first-order valence-electron chi connectivity index (χ1n) is 7.93. The molecule has 0 aliphatic rings. The minimum Gasteiger partial charge on any atom is -0.330 e. The quantitative estimate of drug-likeness (QED) is 0.813. The fourth-order valence-electron chi connectivity index (χ4n) is 3.00. The van der Waals surface area contributed by atoms with Crippen molar-refractivity contribution >= 4 is 22.6 Å². The van der Waals surface area contributed by atoms with E-state index >= 15 is 0 Å². The van der Waals surface area contributed by atoms with Gasteiger partial charge in [0, 0.05) is 17.5 Å². The van der Waals surface area contributed by atoms with Crippen LogP contribution >= 0.6 is 11.6 Å². The molecule has 1 atom stereocenters. The van der Waals surface area contributed by atoms with Crippen molar-refractivity contribution in [3.05, 3.63) is 29.0 Å². The zero-order valence-electron chi connectivity index (χ0n) is 13.3. The topological polar surface area (TPSA) is 43.8 Å². The fraction of sp³-hybridized carbons (Fsp3) is 0.588. The Morgan fingerprint density at radius 2 is 2.05 bits per heavy atom. The second kappa shape index (κ2) is 7.28. The number of fused-ring (bicyclic) bond motifs is 1. The van der Waals surface area contributed by atoms with Crippen LogP contribution in [-0.2, 0) is 6.42 Å². The van der Waals surface area contributed by atoms with E-state index in [1.807, 2.05) is 12.1 Å². The summed E-state index contributed by atoms with van der Waals surface area (Å²) in [5.41, 5.74) is 7.87. The zero-order valence-corrected chi connectivity index (χ0v) is 14.0. The lowest BCUT2D eigenvalue weighted by molar-refractivity contribution is 0.432. The number of benzene rings is 1. The van der Waals surface area contributed by atoms with E-state index in [0.717, 1.165) is 42.2 Å². The van der Waals surface area contributed by atoms with Crippen molar-refractivity contribution in [3.8, 4) is 0 Å². The van der Waals surface area contributed by atoms with Gasteiger partial charge in [-0.05, 0) is 57.4 Å². The van der Waals surface area contributed by atoms with Crippen molar-refractivity contribution < 1.29 is 0 Å². The molecule has 4 heteroatoms. The van der Waals surface area contributed by atoms with E-state index in [0.29, 0.717) is 12.0 Å². The van der Waals surface area contributed by atoms with Crippen LogP contribution in [0.1, 0.15) is 51.9 Å². The predicted molar refractivity (Wildman–Crippen MR) is 90.9 cm³/mol. The number of nitrogens with zero attached hydrogens (tertiary/aromatic N) is 2. The van der Waals surface area contributed by atoms with Gasteiger partial charge in [0.25, 0.3) is 0 Å². The molecule has 1 aromatic heterocycles. The number of aromatic nitrogens is 2. The molecule has 0 aliphatic heterocycles. The van der Waals surface area contributed by atoms with Crippen LogP contribution in [0.2, 0.25) is 5.02 Å². The maximum atomic E-state index is 6.09. The Morgan fingerprint density at radius 1 is 1.29 bits per heavy atom. The van der Waals surface area contributed by atoms with Crippen molar-refractivity contribution in [2.75, 3.05) is 6.54 Å². The Balaban J connectivity index is 2.27. The molecule has 2 N–H and O–H groups in total. The Kier molecular flexibility index (Phi) is 5.65. The van der Waals surface area contributed by atoms with E-state index in [1.165, 1.54) is 11.9 Å². The van der Waals surface area contributed by atoms with Crippen LogP contribution in [-0.4, -0.2) is 16.1 Å². The first-order chi connectivity index (χ1) is 10.1. The number of aryl methyl sites for hydroxylation is 1. The van der Waals surface area contributed by atoms with E-state index in [9.17, 15) is 0 Å². The molecule has 3 nitrogen and oxygen atoms in total. The van der Waals surface area contributed by atoms with Gasteiger partial charge in [0.1, 0.15) is 5.82 Å². The normalized spacial score (nSPS) is 13.2. The minimum absolute atomic E-state index is 0.403. The summed E-state index contributed by atoms with van der Waals surface area (Å²) < 4.78 is 2.33. The van der Waals surface area contributed by atoms with Crippen LogP contribution in [0.3, 0.4) is 0 Å². The van der Waals surface area contributed by atoms with Gasteiger partial charge < -0.3 is 10.3 Å². The number of hydrogen-bond acceptors (Lipinski definition) is 2. The van der Waals surface area contributed by atoms with Gasteiger partial charge in [0.15, 0.2) is 0 Å². The summed E-state index contributed by atoms with van der Waals surface area (Å²) in [7, 11) is 0. The molecule has 0 bridgehead atoms. The van der Waals surface area contributed by atoms with Gasteiger partial charge in [-0.3, -0.25) is 0 Å². The third kappa shape index (κ3) is 3.78. The largest absolute Gasteiger partial charge is 0.330 e. The average molecular weight is 308 g/mol. The molecule has 2 aromatic rings. The highest BCUT2D eigenvalue weighted by Gasteiger charge is 2.15. The van der Waals surface area contributed by atoms with E-state index in [-0.39, 0.29) is 0 Å². The number of rotatable bonds is 7. The van der Waals surface area contributed by atoms with Gasteiger partial charge in [-0.15, -0.1) is 0 Å². The molecule has 0 aliphatic carbocycles. The monoisotopic (exact) mass is 307 g/mol. The molecule has 0 amide bonds. The molecular weight excluding hydrogens is 282 g/mol. The molecule has 116 valence electrons. The summed E-state index contributed by atoms with van der Waals surface area (Å²) >= 11 is 6.09. The lowest BCUT2D eigenvalue weighted by Crippen LogP contribution is -2.12. The molecule has 1 heterocycles. The summed E-state index contributed by atoms with van der Waals surface area (Å²) in [6, 6.07) is 6.38. The van der Waals surface area contributed by atoms with Crippen LogP contribution in [0, 0.1) is 5.92 Å². The Labute approximate surface area is 132 Å². The smallest absolute Gasteiger partial charge is 0.110 e. The maximum absolute atomic E-state index is 6.09. The van der Waals surface area contributed by atoms with E-state index < -0.39 is 0 Å². The molecule has 0 spiro atoms. The summed E-state index contributed by atoms with van der Waals surface area (Å²) in [6.07, 6.45) is 4.44. The number of hydrogen-bond donors (Lipinski definition) is 1. The van der Waals surface area contributed by atoms with E-state index in [4.69, 9.17) is 22.3 Å². The lowest BCUT2D eigenvalue weighted by Gasteiger charge is -2.16. The average Bonchev–Trinajstić information content (AvgIpc) is 2.80. The van der Waals surface area contributed by atoms with Crippen molar-refractivity contribution in [1.29, 1.82) is 0 Å². The van der Waals surface area contributed by atoms with Gasteiger partial charge in [-0.2, -0.15) is 0 Å². The van der Waals surface area contributed by atoms with Crippen LogP contribution < -0.4 is 5.73 Å². The number of nitrogens with two attached hydrogens (primary N) is 1. The Hall–Kier alpha value is -1.06. The van der Waals surface area contributed by atoms with E-state index in [2.05, 4.69) is 31.4 Å². The molecule has 1 aromatic carbocycles. The standard InChI is InChI=1S/C17H26ClN3/c1-4-13(9-10-19)5-8-17-20-15-11-14(18)6-7-16(15)21(17)12(2)3/h6-7,11-13H,4-5,8-10,19H2,1-3H3. The highest BCUT2D eigenvalue weighted by atomic mass is 35.5. The minimum atomic E-state index is 0.403. The van der Waals surface area contributed by atoms with Crippen molar-refractivity contribution in [1.82, 2.24) is 9.55 Å². The third-order valence-corrected chi connectivity index (χ3v) is 4.40. The van der Waals surface area contributed by atoms with Gasteiger partial charge in [0.2, 0.25) is 0 Å². The van der Waals surface area contributed by atoms with Crippen molar-refractivity contribution in [3.63, 3.8) is 0 Å². The molecule has 21 heavy (non-hydrogen) atoms. The highest BCUT2D eigenvalue weighted by Crippen LogP contribution is 2.26. The third-order valence-electron chi connectivity index (χ3n) is 4.17. The molecule has 0 radical (unpaired) electrons. The SMILES string of the molecule is CCC(CCN)CCc1nc2cc(Cl)ccc2n1C(C)C. The number of halogens is 1. The van der Waals surface area contributed by atoms with Crippen molar-refractivity contribution in [2.45, 2.75) is 52.5 Å². The lowest BCUT2D eigenvalue weighted by atomic mass is 9.96. The van der Waals surface area contributed by atoms with Crippen LogP contribution in [0.4, 0.5) is 0 Å². The predicted octanol–water partition coefficient (Wildman–Crippen LogP) is 4.58. The Bertz CT molecular complexity index is 589. The van der Waals surface area contributed by atoms with Crippen LogP contribution in [0.15, 0.2) is 18.2 Å². The summed E-state index contributed by atoms with van der Waals surface area (Å²) in [6.45, 7) is 7.42. The summed E-state index contributed by atoms with van der Waals surface area (Å²) in [5.74, 6) is 1.86. The van der Waals surface area contributed by atoms with E-state index in [1.54, 1.807) is 0 Å². The second-order valence-electron chi connectivity index (χ2n) is 6.02. The van der Waals surface area contributed by atoms with Gasteiger partial charge >= 0.3 is 0 Å². The fourth-order valence-corrected chi connectivity index (χ4v) is 3.16. The first kappa shape index (κ1) is 16.3. The van der Waals surface area contributed by atoms with Crippen molar-refractivity contribution in [2.24, 2.45) is 11.7 Å². The molecule has 0 saturated carbocycles. The first-order valence-corrected chi connectivity index (χ1v) is 8.31. The van der Waals surface area contributed by atoms with Gasteiger partial charge in [-0.25, -0.2) is 4.98 Å². The second-order valence-corrected chi connectivity index (χ2v) is 6.45. The zero-order chi connectivity index (χ0) is 15.4. The van der Waals surface area contributed by atoms with Gasteiger partial charge in [-0.1, -0.05) is 24.9 Å². The van der Waals surface area contributed by atoms with Crippen LogP contribution in [0.25, 0.3) is 11.0 Å².